The Morgan fingerprint density at radius 1 is 1.33 bits per heavy atom. The van der Waals surface area contributed by atoms with Crippen LogP contribution >= 0.6 is 0 Å². The van der Waals surface area contributed by atoms with Gasteiger partial charge in [-0.3, -0.25) is 0 Å². The molecule has 1 heterocycles. The first kappa shape index (κ1) is 14.4. The molecular formula is C13H19NO4. The molecule has 1 aromatic rings. The van der Waals surface area contributed by atoms with E-state index in [2.05, 4.69) is 18.8 Å². The van der Waals surface area contributed by atoms with Gasteiger partial charge in [0.25, 0.3) is 0 Å². The van der Waals surface area contributed by atoms with Crippen molar-refractivity contribution in [2.75, 3.05) is 19.8 Å². The van der Waals surface area contributed by atoms with Gasteiger partial charge in [-0.25, -0.2) is 9.78 Å². The van der Waals surface area contributed by atoms with Crippen LogP contribution in [0.2, 0.25) is 0 Å². The Morgan fingerprint density at radius 2 is 2.11 bits per heavy atom. The van der Waals surface area contributed by atoms with Crippen molar-refractivity contribution < 1.29 is 19.4 Å². The highest BCUT2D eigenvalue weighted by atomic mass is 16.5. The number of aromatic nitrogens is 1. The molecule has 0 saturated heterocycles. The molecule has 0 aliphatic rings. The van der Waals surface area contributed by atoms with Crippen molar-refractivity contribution in [3.63, 3.8) is 0 Å². The maximum atomic E-state index is 10.6. The largest absolute Gasteiger partial charge is 0.490 e. The van der Waals surface area contributed by atoms with Gasteiger partial charge in [0.15, 0.2) is 0 Å². The van der Waals surface area contributed by atoms with Crippen LogP contribution in [-0.4, -0.2) is 35.9 Å². The summed E-state index contributed by atoms with van der Waals surface area (Å²) < 4.78 is 10.8. The van der Waals surface area contributed by atoms with Crippen LogP contribution in [-0.2, 0) is 4.74 Å². The molecule has 18 heavy (non-hydrogen) atoms. The van der Waals surface area contributed by atoms with Crippen molar-refractivity contribution in [2.45, 2.75) is 20.3 Å². The molecule has 1 rings (SSSR count). The van der Waals surface area contributed by atoms with Crippen LogP contribution in [0.3, 0.4) is 0 Å². The lowest BCUT2D eigenvalue weighted by Crippen LogP contribution is -2.09. The number of ether oxygens (including phenoxy) is 2. The second-order valence-corrected chi connectivity index (χ2v) is 4.33. The smallest absolute Gasteiger partial charge is 0.354 e. The van der Waals surface area contributed by atoms with Crippen LogP contribution in [0.5, 0.6) is 5.75 Å². The van der Waals surface area contributed by atoms with E-state index < -0.39 is 5.97 Å². The van der Waals surface area contributed by atoms with Gasteiger partial charge in [0, 0.05) is 6.61 Å². The number of hydrogen-bond acceptors (Lipinski definition) is 4. The molecule has 0 bridgehead atoms. The fourth-order valence-corrected chi connectivity index (χ4v) is 1.23. The number of hydrogen-bond donors (Lipinski definition) is 1. The van der Waals surface area contributed by atoms with Gasteiger partial charge in [0.05, 0.1) is 12.8 Å². The van der Waals surface area contributed by atoms with Crippen molar-refractivity contribution in [3.05, 3.63) is 24.0 Å². The molecule has 5 heteroatoms. The van der Waals surface area contributed by atoms with Gasteiger partial charge in [-0.15, -0.1) is 0 Å². The SMILES string of the molecule is CC(C)CCOCCOc1ccc(C(=O)O)nc1. The van der Waals surface area contributed by atoms with Gasteiger partial charge in [-0.2, -0.15) is 0 Å². The maximum Gasteiger partial charge on any atom is 0.354 e. The van der Waals surface area contributed by atoms with E-state index in [-0.39, 0.29) is 5.69 Å². The van der Waals surface area contributed by atoms with E-state index in [0.29, 0.717) is 24.9 Å². The number of nitrogens with zero attached hydrogens (tertiary/aromatic N) is 1. The van der Waals surface area contributed by atoms with Gasteiger partial charge in [0.2, 0.25) is 0 Å². The zero-order valence-electron chi connectivity index (χ0n) is 10.8. The molecule has 5 nitrogen and oxygen atoms in total. The maximum absolute atomic E-state index is 10.6. The van der Waals surface area contributed by atoms with Gasteiger partial charge in [-0.1, -0.05) is 13.8 Å². The summed E-state index contributed by atoms with van der Waals surface area (Å²) in [6.45, 7) is 5.99. The Hall–Kier alpha value is -1.62. The normalized spacial score (nSPS) is 10.6. The zero-order chi connectivity index (χ0) is 13.4. The lowest BCUT2D eigenvalue weighted by atomic mass is 10.1. The van der Waals surface area contributed by atoms with E-state index in [1.165, 1.54) is 12.3 Å². The van der Waals surface area contributed by atoms with Gasteiger partial charge < -0.3 is 14.6 Å². The molecular weight excluding hydrogens is 234 g/mol. The first-order valence-electron chi connectivity index (χ1n) is 5.99. The quantitative estimate of drug-likeness (QED) is 0.719. The van der Waals surface area contributed by atoms with Crippen molar-refractivity contribution in [1.29, 1.82) is 0 Å². The van der Waals surface area contributed by atoms with Gasteiger partial charge in [-0.05, 0) is 24.5 Å². The van der Waals surface area contributed by atoms with E-state index in [1.807, 2.05) is 0 Å². The average molecular weight is 253 g/mol. The number of aromatic carboxylic acids is 1. The number of carboxylic acids is 1. The van der Waals surface area contributed by atoms with E-state index in [0.717, 1.165) is 13.0 Å². The van der Waals surface area contributed by atoms with Crippen LogP contribution in [0.4, 0.5) is 0 Å². The van der Waals surface area contributed by atoms with E-state index in [4.69, 9.17) is 14.6 Å². The third-order valence-electron chi connectivity index (χ3n) is 2.29. The van der Waals surface area contributed by atoms with Gasteiger partial charge >= 0.3 is 5.97 Å². The van der Waals surface area contributed by atoms with Crippen molar-refractivity contribution in [2.24, 2.45) is 5.92 Å². The minimum absolute atomic E-state index is 0.00975. The molecule has 0 aliphatic carbocycles. The summed E-state index contributed by atoms with van der Waals surface area (Å²) >= 11 is 0. The fraction of sp³-hybridized carbons (Fsp3) is 0.538. The number of carboxylic acid groups (broad SMARTS) is 1. The van der Waals surface area contributed by atoms with Crippen LogP contribution in [0.25, 0.3) is 0 Å². The van der Waals surface area contributed by atoms with Crippen LogP contribution in [0.15, 0.2) is 18.3 Å². The Morgan fingerprint density at radius 3 is 2.67 bits per heavy atom. The highest BCUT2D eigenvalue weighted by molar-refractivity contribution is 5.85. The lowest BCUT2D eigenvalue weighted by Gasteiger charge is -2.08. The lowest BCUT2D eigenvalue weighted by molar-refractivity contribution is 0.0690. The zero-order valence-corrected chi connectivity index (χ0v) is 10.8. The minimum Gasteiger partial charge on any atom is -0.490 e. The standard InChI is InChI=1S/C13H19NO4/c1-10(2)5-6-17-7-8-18-11-3-4-12(13(15)16)14-9-11/h3-4,9-10H,5-8H2,1-2H3,(H,15,16). The number of rotatable bonds is 8. The Kier molecular flexibility index (Phi) is 6.14. The highest BCUT2D eigenvalue weighted by Crippen LogP contribution is 2.09. The molecule has 0 aliphatic heterocycles. The molecule has 0 spiro atoms. The summed E-state index contributed by atoms with van der Waals surface area (Å²) in [6, 6.07) is 3.00. The molecule has 0 aromatic carbocycles. The molecule has 1 N–H and O–H groups in total. The molecule has 0 fully saturated rings. The van der Waals surface area contributed by atoms with Crippen molar-refractivity contribution in [1.82, 2.24) is 4.98 Å². The Balaban J connectivity index is 2.17. The number of pyridine rings is 1. The van der Waals surface area contributed by atoms with Crippen LogP contribution in [0.1, 0.15) is 30.8 Å². The first-order valence-corrected chi connectivity index (χ1v) is 5.99. The monoisotopic (exact) mass is 253 g/mol. The first-order chi connectivity index (χ1) is 8.59. The summed E-state index contributed by atoms with van der Waals surface area (Å²) in [6.07, 6.45) is 2.44. The molecule has 0 unspecified atom stereocenters. The Bertz CT molecular complexity index is 362. The predicted octanol–water partition coefficient (Wildman–Crippen LogP) is 2.22. The molecule has 0 atom stereocenters. The van der Waals surface area contributed by atoms with E-state index in [1.54, 1.807) is 6.07 Å². The molecule has 1 aromatic heterocycles. The molecule has 0 radical (unpaired) electrons. The molecule has 0 saturated carbocycles. The summed E-state index contributed by atoms with van der Waals surface area (Å²) in [5.74, 6) is 0.143. The third-order valence-corrected chi connectivity index (χ3v) is 2.29. The van der Waals surface area contributed by atoms with Crippen molar-refractivity contribution >= 4 is 5.97 Å². The predicted molar refractivity (Wildman–Crippen MR) is 67.0 cm³/mol. The highest BCUT2D eigenvalue weighted by Gasteiger charge is 2.03. The Labute approximate surface area is 107 Å². The van der Waals surface area contributed by atoms with Crippen LogP contribution < -0.4 is 4.74 Å². The minimum atomic E-state index is -1.04. The summed E-state index contributed by atoms with van der Waals surface area (Å²) in [5.41, 5.74) is 0.00975. The summed E-state index contributed by atoms with van der Waals surface area (Å²) in [4.78, 5) is 14.3. The van der Waals surface area contributed by atoms with Gasteiger partial charge in [0.1, 0.15) is 18.1 Å². The summed E-state index contributed by atoms with van der Waals surface area (Å²) in [5, 5.41) is 8.67. The van der Waals surface area contributed by atoms with Crippen molar-refractivity contribution in [3.8, 4) is 5.75 Å². The molecule has 0 amide bonds. The van der Waals surface area contributed by atoms with E-state index in [9.17, 15) is 4.79 Å². The second kappa shape index (κ2) is 7.66. The fourth-order valence-electron chi connectivity index (χ4n) is 1.23. The topological polar surface area (TPSA) is 68.7 Å². The van der Waals surface area contributed by atoms with Crippen LogP contribution in [0, 0.1) is 5.92 Å². The van der Waals surface area contributed by atoms with E-state index >= 15 is 0 Å². The second-order valence-electron chi connectivity index (χ2n) is 4.33. The summed E-state index contributed by atoms with van der Waals surface area (Å²) in [7, 11) is 0. The third kappa shape index (κ3) is 5.63. The molecule has 100 valence electrons. The average Bonchev–Trinajstić information content (AvgIpc) is 2.34. The number of carbonyl (C=O) groups is 1.